The molecule has 0 unspecified atom stereocenters. The van der Waals surface area contributed by atoms with Gasteiger partial charge in [-0.15, -0.1) is 0 Å². The lowest BCUT2D eigenvalue weighted by Gasteiger charge is -2.06. The molecule has 0 radical (unpaired) electrons. The Hall–Kier alpha value is -2.48. The number of nitrogens with zero attached hydrogens (tertiary/aromatic N) is 1. The van der Waals surface area contributed by atoms with Gasteiger partial charge in [-0.2, -0.15) is 0 Å². The van der Waals surface area contributed by atoms with Crippen LogP contribution in [0.1, 0.15) is 0 Å². The van der Waals surface area contributed by atoms with E-state index < -0.39 is 0 Å². The summed E-state index contributed by atoms with van der Waals surface area (Å²) in [6.45, 7) is 0. The Morgan fingerprint density at radius 3 is 2.72 bits per heavy atom. The van der Waals surface area contributed by atoms with Gasteiger partial charge in [0.15, 0.2) is 0 Å². The van der Waals surface area contributed by atoms with Gasteiger partial charge in [-0.3, -0.25) is 4.57 Å². The van der Waals surface area contributed by atoms with E-state index in [0.29, 0.717) is 0 Å². The molecule has 0 atom stereocenters. The fourth-order valence-electron chi connectivity index (χ4n) is 2.36. The molecular weight excluding hydrogens is 222 g/mol. The molecule has 0 spiro atoms. The average molecular weight is 233 g/mol. The summed E-state index contributed by atoms with van der Waals surface area (Å²) in [5, 5.41) is 1.22. The van der Waals surface area contributed by atoms with Gasteiger partial charge in [0.05, 0.1) is 5.52 Å². The quantitative estimate of drug-likeness (QED) is 0.478. The van der Waals surface area contributed by atoms with Crippen LogP contribution in [-0.4, -0.2) is 4.57 Å². The highest BCUT2D eigenvalue weighted by Crippen LogP contribution is 2.27. The van der Waals surface area contributed by atoms with Crippen LogP contribution in [0.3, 0.4) is 0 Å². The third kappa shape index (κ3) is 1.29. The predicted molar refractivity (Wildman–Crippen MR) is 72.2 cm³/mol. The molecule has 2 nitrogen and oxygen atoms in total. The van der Waals surface area contributed by atoms with Gasteiger partial charge in [0, 0.05) is 17.1 Å². The number of aromatic nitrogens is 1. The van der Waals surface area contributed by atoms with Crippen molar-refractivity contribution in [3.05, 3.63) is 66.9 Å². The minimum atomic E-state index is 0.843. The van der Waals surface area contributed by atoms with Crippen LogP contribution < -0.4 is 0 Å². The monoisotopic (exact) mass is 233 g/mol. The molecule has 0 amide bonds. The van der Waals surface area contributed by atoms with Crippen molar-refractivity contribution in [1.29, 1.82) is 0 Å². The average Bonchev–Trinajstić information content (AvgIpc) is 3.04. The van der Waals surface area contributed by atoms with Crippen molar-refractivity contribution < 1.29 is 4.42 Å². The fourth-order valence-corrected chi connectivity index (χ4v) is 2.36. The van der Waals surface area contributed by atoms with Crippen LogP contribution in [0.5, 0.6) is 0 Å². The van der Waals surface area contributed by atoms with E-state index in [1.165, 1.54) is 5.39 Å². The lowest BCUT2D eigenvalue weighted by Crippen LogP contribution is -1.91. The van der Waals surface area contributed by atoms with E-state index in [2.05, 4.69) is 34.9 Å². The first-order chi connectivity index (χ1) is 8.92. The van der Waals surface area contributed by atoms with Gasteiger partial charge >= 0.3 is 0 Å². The summed E-state index contributed by atoms with van der Waals surface area (Å²) in [6, 6.07) is 20.5. The van der Waals surface area contributed by atoms with Crippen LogP contribution >= 0.6 is 0 Å². The summed E-state index contributed by atoms with van der Waals surface area (Å²) >= 11 is 0. The second kappa shape index (κ2) is 3.50. The number of para-hydroxylation sites is 1. The molecule has 2 aliphatic rings. The molecule has 1 aromatic heterocycles. The van der Waals surface area contributed by atoms with Gasteiger partial charge in [-0.25, -0.2) is 0 Å². The standard InChI is InChI=1S/C16H11NO/c1-2-6-14-12(4-1)10-11-17(14)16-9-8-13-5-3-7-15(13)18-16/h1-11H. The largest absolute Gasteiger partial charge is 0.440 e. The van der Waals surface area contributed by atoms with Crippen molar-refractivity contribution in [2.45, 2.75) is 0 Å². The minimum Gasteiger partial charge on any atom is -0.440 e. The zero-order valence-electron chi connectivity index (χ0n) is 9.71. The number of hydrogen-bond donors (Lipinski definition) is 0. The lowest BCUT2D eigenvalue weighted by atomic mass is 10.2. The first-order valence-electron chi connectivity index (χ1n) is 5.97. The highest BCUT2D eigenvalue weighted by molar-refractivity contribution is 5.81. The van der Waals surface area contributed by atoms with Crippen LogP contribution in [0.25, 0.3) is 28.1 Å². The van der Waals surface area contributed by atoms with Gasteiger partial charge in [0.2, 0.25) is 5.88 Å². The summed E-state index contributed by atoms with van der Waals surface area (Å²) in [5.74, 6) is 1.76. The number of rotatable bonds is 1. The normalized spacial score (nSPS) is 11.3. The topological polar surface area (TPSA) is 18.1 Å². The van der Waals surface area contributed by atoms with E-state index in [1.807, 2.05) is 36.5 Å². The van der Waals surface area contributed by atoms with Gasteiger partial charge in [0.1, 0.15) is 5.76 Å². The molecule has 0 saturated carbocycles. The van der Waals surface area contributed by atoms with Crippen LogP contribution in [0, 0.1) is 0 Å². The second-order valence-corrected chi connectivity index (χ2v) is 4.36. The van der Waals surface area contributed by atoms with Crippen molar-refractivity contribution in [2.75, 3.05) is 0 Å². The molecule has 86 valence electrons. The summed E-state index contributed by atoms with van der Waals surface area (Å²) in [6.07, 6.45) is 2.04. The Labute approximate surface area is 104 Å². The maximum Gasteiger partial charge on any atom is 0.204 e. The van der Waals surface area contributed by atoms with E-state index >= 15 is 0 Å². The van der Waals surface area contributed by atoms with Gasteiger partial charge in [-0.05, 0) is 30.3 Å². The number of benzene rings is 1. The summed E-state index contributed by atoms with van der Waals surface area (Å²) in [7, 11) is 0. The Kier molecular flexibility index (Phi) is 1.86. The molecule has 0 bridgehead atoms. The smallest absolute Gasteiger partial charge is 0.204 e. The van der Waals surface area contributed by atoms with E-state index in [9.17, 15) is 0 Å². The number of hydrogen-bond acceptors (Lipinski definition) is 1. The van der Waals surface area contributed by atoms with Crippen molar-refractivity contribution in [1.82, 2.24) is 4.57 Å². The maximum atomic E-state index is 5.92. The Bertz CT molecular complexity index is 794. The van der Waals surface area contributed by atoms with Crippen LogP contribution in [0.4, 0.5) is 0 Å². The molecule has 4 rings (SSSR count). The highest BCUT2D eigenvalue weighted by Gasteiger charge is 2.08. The molecule has 0 saturated heterocycles. The van der Waals surface area contributed by atoms with E-state index in [0.717, 1.165) is 22.7 Å². The fraction of sp³-hybridized carbons (Fsp3) is 0. The molecule has 0 N–H and O–H groups in total. The van der Waals surface area contributed by atoms with Crippen molar-refractivity contribution >= 4 is 10.9 Å². The highest BCUT2D eigenvalue weighted by atomic mass is 16.4. The summed E-state index contributed by atoms with van der Waals surface area (Å²) in [4.78, 5) is 0. The maximum absolute atomic E-state index is 5.92. The van der Waals surface area contributed by atoms with Crippen molar-refractivity contribution in [2.24, 2.45) is 0 Å². The third-order valence-corrected chi connectivity index (χ3v) is 3.26. The zero-order valence-corrected chi connectivity index (χ0v) is 9.71. The first kappa shape index (κ1) is 9.54. The Morgan fingerprint density at radius 2 is 1.72 bits per heavy atom. The first-order valence-corrected chi connectivity index (χ1v) is 5.97. The predicted octanol–water partition coefficient (Wildman–Crippen LogP) is 4.33. The SMILES string of the molecule is c1cc2ccc(-n3ccc4ccccc43)oc-2c1. The molecule has 1 aliphatic carbocycles. The molecule has 1 aromatic carbocycles. The van der Waals surface area contributed by atoms with Gasteiger partial charge in [-0.1, -0.05) is 30.3 Å². The van der Waals surface area contributed by atoms with E-state index in [-0.39, 0.29) is 0 Å². The molecule has 2 heteroatoms. The molecule has 0 fully saturated rings. The summed E-state index contributed by atoms with van der Waals surface area (Å²) in [5.41, 5.74) is 2.29. The third-order valence-electron chi connectivity index (χ3n) is 3.26. The molecule has 18 heavy (non-hydrogen) atoms. The molecular formula is C16H11NO. The van der Waals surface area contributed by atoms with E-state index in [1.54, 1.807) is 0 Å². The zero-order chi connectivity index (χ0) is 11.9. The molecule has 1 aliphatic heterocycles. The molecule has 2 heterocycles. The minimum absolute atomic E-state index is 0.843. The van der Waals surface area contributed by atoms with Gasteiger partial charge in [0.25, 0.3) is 0 Å². The summed E-state index contributed by atoms with van der Waals surface area (Å²) < 4.78 is 7.99. The Balaban J connectivity index is 1.99. The lowest BCUT2D eigenvalue weighted by molar-refractivity contribution is 0.541. The van der Waals surface area contributed by atoms with Crippen LogP contribution in [0.2, 0.25) is 0 Å². The second-order valence-electron chi connectivity index (χ2n) is 4.36. The van der Waals surface area contributed by atoms with Crippen molar-refractivity contribution in [3.63, 3.8) is 0 Å². The van der Waals surface area contributed by atoms with E-state index in [4.69, 9.17) is 4.42 Å². The van der Waals surface area contributed by atoms with Crippen molar-refractivity contribution in [3.8, 4) is 17.2 Å². The Morgan fingerprint density at radius 1 is 0.778 bits per heavy atom. The van der Waals surface area contributed by atoms with Gasteiger partial charge < -0.3 is 4.42 Å². The van der Waals surface area contributed by atoms with Crippen LogP contribution in [-0.2, 0) is 0 Å². The van der Waals surface area contributed by atoms with Crippen LogP contribution in [0.15, 0.2) is 71.3 Å². The molecule has 2 aromatic rings. The number of fused-ring (bicyclic) bond motifs is 2.